The van der Waals surface area contributed by atoms with Gasteiger partial charge in [-0.2, -0.15) is 0 Å². The van der Waals surface area contributed by atoms with E-state index < -0.39 is 0 Å². The smallest absolute Gasteiger partial charge is 0.150 e. The van der Waals surface area contributed by atoms with E-state index in [1.165, 1.54) is 0 Å². The van der Waals surface area contributed by atoms with Crippen LogP contribution in [0.2, 0.25) is 0 Å². The van der Waals surface area contributed by atoms with E-state index in [1.54, 1.807) is 12.1 Å². The molecule has 10 heavy (non-hydrogen) atoms. The number of hydrogen-bond acceptors (Lipinski definition) is 1. The van der Waals surface area contributed by atoms with Crippen LogP contribution in [-0.4, -0.2) is 6.29 Å². The van der Waals surface area contributed by atoms with Crippen molar-refractivity contribution < 1.29 is 4.79 Å². The van der Waals surface area contributed by atoms with Crippen molar-refractivity contribution in [1.82, 2.24) is 0 Å². The minimum atomic E-state index is 0.729. The normalized spacial score (nSPS) is 7.00. The van der Waals surface area contributed by atoms with Crippen LogP contribution in [0.15, 0.2) is 30.3 Å². The maximum atomic E-state index is 10.0. The highest BCUT2D eigenvalue weighted by atomic mass is 16.1. The van der Waals surface area contributed by atoms with Crippen molar-refractivity contribution in [3.05, 3.63) is 35.9 Å². The Hall–Kier alpha value is -1.55. The Labute approximate surface area is 60.7 Å². The predicted molar refractivity (Wildman–Crippen MR) is 41.7 cm³/mol. The quantitative estimate of drug-likeness (QED) is 0.420. The van der Waals surface area contributed by atoms with Crippen molar-refractivity contribution in [3.63, 3.8) is 0 Å². The second-order valence-electron chi connectivity index (χ2n) is 1.53. The van der Waals surface area contributed by atoms with Crippen LogP contribution in [0, 0.1) is 12.8 Å². The molecule has 0 radical (unpaired) electrons. The van der Waals surface area contributed by atoms with Gasteiger partial charge in [-0.05, 0) is 0 Å². The van der Waals surface area contributed by atoms with E-state index in [0.29, 0.717) is 0 Å². The van der Waals surface area contributed by atoms with Gasteiger partial charge in [-0.15, -0.1) is 12.8 Å². The summed E-state index contributed by atoms with van der Waals surface area (Å²) in [5.74, 6) is 0. The molecular weight excluding hydrogens is 124 g/mol. The lowest BCUT2D eigenvalue weighted by Gasteiger charge is -1.81. The van der Waals surface area contributed by atoms with E-state index in [-0.39, 0.29) is 0 Å². The summed E-state index contributed by atoms with van der Waals surface area (Å²) >= 11 is 0. The molecule has 0 saturated carbocycles. The number of hydrogen-bond donors (Lipinski definition) is 0. The van der Waals surface area contributed by atoms with Crippen LogP contribution in [0.5, 0.6) is 0 Å². The fraction of sp³-hybridized carbons (Fsp3) is 0. The van der Waals surface area contributed by atoms with Crippen molar-refractivity contribution in [3.8, 4) is 12.8 Å². The second-order valence-corrected chi connectivity index (χ2v) is 1.53. The molecule has 1 aromatic carbocycles. The van der Waals surface area contributed by atoms with Gasteiger partial charge in [0, 0.05) is 5.56 Å². The summed E-state index contributed by atoms with van der Waals surface area (Å²) in [6.45, 7) is 0. The molecule has 0 atom stereocenters. The lowest BCUT2D eigenvalue weighted by molar-refractivity contribution is 0.112. The van der Waals surface area contributed by atoms with Gasteiger partial charge in [-0.1, -0.05) is 30.3 Å². The van der Waals surface area contributed by atoms with Gasteiger partial charge in [-0.25, -0.2) is 0 Å². The maximum Gasteiger partial charge on any atom is 0.150 e. The Morgan fingerprint density at radius 1 is 1.10 bits per heavy atom. The molecule has 1 nitrogen and oxygen atoms in total. The summed E-state index contributed by atoms with van der Waals surface area (Å²) in [5, 5.41) is 0. The molecule has 0 bridgehead atoms. The molecule has 0 heterocycles. The van der Waals surface area contributed by atoms with Crippen molar-refractivity contribution >= 4 is 6.29 Å². The molecule has 1 aromatic rings. The molecular formula is C9H8O. The molecule has 0 fully saturated rings. The summed E-state index contributed by atoms with van der Waals surface area (Å²) in [4.78, 5) is 10.0. The van der Waals surface area contributed by atoms with E-state index in [2.05, 4.69) is 12.8 Å². The van der Waals surface area contributed by atoms with Crippen molar-refractivity contribution in [2.45, 2.75) is 0 Å². The third-order valence-electron chi connectivity index (χ3n) is 0.936. The van der Waals surface area contributed by atoms with Gasteiger partial charge in [0.05, 0.1) is 0 Å². The maximum absolute atomic E-state index is 10.0. The standard InChI is InChI=1S/C7H6O.C2H2/c8-6-7-4-2-1-3-5-7;1-2/h1-6H;1-2H. The first-order valence-electron chi connectivity index (χ1n) is 2.77. The molecule has 0 aromatic heterocycles. The molecule has 1 heteroatoms. The summed E-state index contributed by atoms with van der Waals surface area (Å²) in [6.07, 6.45) is 8.83. The molecule has 0 aliphatic rings. The Bertz CT molecular complexity index is 198. The van der Waals surface area contributed by atoms with Gasteiger partial charge >= 0.3 is 0 Å². The first-order valence-corrected chi connectivity index (χ1v) is 2.77. The zero-order chi connectivity index (χ0) is 7.82. The number of carbonyl (C=O) groups is 1. The average Bonchev–Trinajstić information content (AvgIpc) is 2.10. The van der Waals surface area contributed by atoms with Crippen LogP contribution in [0.1, 0.15) is 10.4 Å². The van der Waals surface area contributed by atoms with Gasteiger partial charge in [-0.3, -0.25) is 4.79 Å². The Morgan fingerprint density at radius 2 is 1.60 bits per heavy atom. The highest BCUT2D eigenvalue weighted by Crippen LogP contribution is 1.91. The molecule has 0 saturated heterocycles. The first-order chi connectivity index (χ1) is 4.93. The van der Waals surface area contributed by atoms with Gasteiger partial charge in [0.1, 0.15) is 6.29 Å². The molecule has 1 rings (SSSR count). The highest BCUT2D eigenvalue weighted by molar-refractivity contribution is 5.74. The van der Waals surface area contributed by atoms with Crippen LogP contribution in [-0.2, 0) is 0 Å². The first kappa shape index (κ1) is 8.45. The van der Waals surface area contributed by atoms with E-state index in [0.717, 1.165) is 11.8 Å². The van der Waals surface area contributed by atoms with Crippen LogP contribution in [0.25, 0.3) is 0 Å². The van der Waals surface area contributed by atoms with E-state index in [4.69, 9.17) is 0 Å². The predicted octanol–water partition coefficient (Wildman–Crippen LogP) is 1.75. The van der Waals surface area contributed by atoms with Crippen molar-refractivity contribution in [2.24, 2.45) is 0 Å². The Morgan fingerprint density at radius 3 is 1.90 bits per heavy atom. The minimum Gasteiger partial charge on any atom is -0.298 e. The largest absolute Gasteiger partial charge is 0.298 e. The minimum absolute atomic E-state index is 0.729. The topological polar surface area (TPSA) is 17.1 Å². The number of rotatable bonds is 1. The Balaban J connectivity index is 0.000000371. The van der Waals surface area contributed by atoms with E-state index >= 15 is 0 Å². The molecule has 0 amide bonds. The number of terminal acetylenes is 1. The van der Waals surface area contributed by atoms with Crippen LogP contribution >= 0.6 is 0 Å². The van der Waals surface area contributed by atoms with E-state index in [1.807, 2.05) is 18.2 Å². The summed E-state index contributed by atoms with van der Waals surface area (Å²) < 4.78 is 0. The summed E-state index contributed by atoms with van der Waals surface area (Å²) in [6, 6.07) is 9.10. The summed E-state index contributed by atoms with van der Waals surface area (Å²) in [7, 11) is 0. The summed E-state index contributed by atoms with van der Waals surface area (Å²) in [5.41, 5.74) is 0.729. The molecule has 50 valence electrons. The fourth-order valence-electron chi connectivity index (χ4n) is 0.532. The zero-order valence-electron chi connectivity index (χ0n) is 5.53. The average molecular weight is 132 g/mol. The molecule has 0 N–H and O–H groups in total. The third-order valence-corrected chi connectivity index (χ3v) is 0.936. The SMILES string of the molecule is C#C.O=Cc1ccccc1. The molecule has 0 aliphatic heterocycles. The lowest BCUT2D eigenvalue weighted by atomic mass is 10.2. The van der Waals surface area contributed by atoms with Crippen LogP contribution in [0.4, 0.5) is 0 Å². The van der Waals surface area contributed by atoms with E-state index in [9.17, 15) is 4.79 Å². The molecule has 0 unspecified atom stereocenters. The second kappa shape index (κ2) is 5.58. The zero-order valence-corrected chi connectivity index (χ0v) is 5.53. The number of aldehydes is 1. The van der Waals surface area contributed by atoms with Gasteiger partial charge in [0.25, 0.3) is 0 Å². The van der Waals surface area contributed by atoms with Crippen LogP contribution < -0.4 is 0 Å². The lowest BCUT2D eigenvalue weighted by Crippen LogP contribution is -1.73. The highest BCUT2D eigenvalue weighted by Gasteiger charge is 1.79. The van der Waals surface area contributed by atoms with Crippen molar-refractivity contribution in [1.29, 1.82) is 0 Å². The number of benzene rings is 1. The molecule has 0 spiro atoms. The third kappa shape index (κ3) is 2.68. The Kier molecular flexibility index (Phi) is 4.72. The van der Waals surface area contributed by atoms with Gasteiger partial charge in [0.15, 0.2) is 0 Å². The molecule has 0 aliphatic carbocycles. The number of carbonyl (C=O) groups excluding carboxylic acids is 1. The van der Waals surface area contributed by atoms with Crippen molar-refractivity contribution in [2.75, 3.05) is 0 Å². The van der Waals surface area contributed by atoms with Gasteiger partial charge in [0.2, 0.25) is 0 Å². The van der Waals surface area contributed by atoms with Crippen LogP contribution in [0.3, 0.4) is 0 Å². The fourth-order valence-corrected chi connectivity index (χ4v) is 0.532. The van der Waals surface area contributed by atoms with Gasteiger partial charge < -0.3 is 0 Å². The monoisotopic (exact) mass is 132 g/mol.